The molecule has 0 aliphatic carbocycles. The minimum Gasteiger partial charge on any atom is -0.492 e. The first kappa shape index (κ1) is 15.0. The maximum atomic E-state index is 5.94. The molecule has 0 atom stereocenters. The van der Waals surface area contributed by atoms with Gasteiger partial charge in [-0.3, -0.25) is 0 Å². The zero-order chi connectivity index (χ0) is 14.5. The van der Waals surface area contributed by atoms with Crippen LogP contribution in [0, 0.1) is 0 Å². The molecule has 1 fully saturated rings. The summed E-state index contributed by atoms with van der Waals surface area (Å²) in [6.07, 6.45) is 2.44. The lowest BCUT2D eigenvalue weighted by Crippen LogP contribution is -2.43. The van der Waals surface area contributed by atoms with E-state index in [0.29, 0.717) is 18.3 Å². The molecule has 0 aromatic heterocycles. The van der Waals surface area contributed by atoms with E-state index < -0.39 is 0 Å². The summed E-state index contributed by atoms with van der Waals surface area (Å²) in [5, 5.41) is 0. The second-order valence-corrected chi connectivity index (χ2v) is 5.43. The van der Waals surface area contributed by atoms with Gasteiger partial charge in [0.1, 0.15) is 5.75 Å². The minimum atomic E-state index is 0.607. The maximum Gasteiger partial charge on any atom is 0.144 e. The Hall–Kier alpha value is -1.42. The average Bonchev–Trinajstić information content (AvgIpc) is 2.49. The summed E-state index contributed by atoms with van der Waals surface area (Å²) >= 11 is 0. The van der Waals surface area contributed by atoms with E-state index in [0.717, 1.165) is 12.3 Å². The van der Waals surface area contributed by atoms with Gasteiger partial charge in [0.25, 0.3) is 0 Å². The quantitative estimate of drug-likeness (QED) is 0.840. The molecule has 1 aliphatic rings. The summed E-state index contributed by atoms with van der Waals surface area (Å²) < 4.78 is 5.59. The molecule has 1 aromatic carbocycles. The molecular weight excluding hydrogens is 250 g/mol. The van der Waals surface area contributed by atoms with Crippen LogP contribution in [0.15, 0.2) is 18.2 Å². The van der Waals surface area contributed by atoms with Gasteiger partial charge in [-0.2, -0.15) is 0 Å². The molecule has 1 aromatic rings. The Morgan fingerprint density at radius 2 is 2.00 bits per heavy atom. The number of hydrogen-bond donors (Lipinski definition) is 1. The van der Waals surface area contributed by atoms with Crippen molar-refractivity contribution in [1.29, 1.82) is 0 Å². The van der Waals surface area contributed by atoms with Gasteiger partial charge in [-0.15, -0.1) is 0 Å². The highest BCUT2D eigenvalue weighted by Gasteiger charge is 2.22. The molecule has 112 valence electrons. The highest BCUT2D eigenvalue weighted by atomic mass is 16.5. The summed E-state index contributed by atoms with van der Waals surface area (Å²) in [5.74, 6) is 0.794. The fraction of sp³-hybridized carbons (Fsp3) is 0.625. The molecule has 0 spiro atoms. The smallest absolute Gasteiger partial charge is 0.144 e. The van der Waals surface area contributed by atoms with Crippen LogP contribution in [0.1, 0.15) is 26.7 Å². The molecule has 0 amide bonds. The van der Waals surface area contributed by atoms with E-state index in [9.17, 15) is 0 Å². The van der Waals surface area contributed by atoms with Gasteiger partial charge in [-0.25, -0.2) is 0 Å². The van der Waals surface area contributed by atoms with Crippen molar-refractivity contribution in [2.75, 3.05) is 43.9 Å². The van der Waals surface area contributed by atoms with Gasteiger partial charge in [0.05, 0.1) is 12.3 Å². The van der Waals surface area contributed by atoms with E-state index in [-0.39, 0.29) is 0 Å². The molecule has 1 heterocycles. The van der Waals surface area contributed by atoms with Crippen molar-refractivity contribution in [2.24, 2.45) is 0 Å². The summed E-state index contributed by atoms with van der Waals surface area (Å²) in [6.45, 7) is 8.41. The second kappa shape index (κ2) is 6.84. The lowest BCUT2D eigenvalue weighted by Gasteiger charge is -2.37. The number of rotatable bonds is 5. The van der Waals surface area contributed by atoms with Crippen LogP contribution in [-0.2, 0) is 0 Å². The highest BCUT2D eigenvalue weighted by Crippen LogP contribution is 2.29. The Bertz CT molecular complexity index is 428. The number of anilines is 2. The van der Waals surface area contributed by atoms with E-state index in [2.05, 4.69) is 35.9 Å². The number of hydrogen-bond acceptors (Lipinski definition) is 4. The van der Waals surface area contributed by atoms with E-state index in [1.807, 2.05) is 13.0 Å². The summed E-state index contributed by atoms with van der Waals surface area (Å²) in [6, 6.07) is 6.70. The molecular formula is C16H27N3O. The monoisotopic (exact) mass is 277 g/mol. The normalized spacial score (nSPS) is 17.1. The molecule has 0 bridgehead atoms. The van der Waals surface area contributed by atoms with Gasteiger partial charge < -0.3 is 20.3 Å². The van der Waals surface area contributed by atoms with Crippen molar-refractivity contribution in [3.8, 4) is 5.75 Å². The third-order valence-corrected chi connectivity index (χ3v) is 4.26. The van der Waals surface area contributed by atoms with Gasteiger partial charge in [0.2, 0.25) is 0 Å². The van der Waals surface area contributed by atoms with Crippen molar-refractivity contribution in [3.05, 3.63) is 18.2 Å². The molecule has 0 radical (unpaired) electrons. The molecule has 2 rings (SSSR count). The van der Waals surface area contributed by atoms with Gasteiger partial charge in [-0.05, 0) is 38.4 Å². The van der Waals surface area contributed by atoms with Crippen LogP contribution in [0.5, 0.6) is 5.75 Å². The van der Waals surface area contributed by atoms with Gasteiger partial charge in [0, 0.05) is 37.9 Å². The number of ether oxygens (including phenoxy) is 1. The molecule has 0 saturated carbocycles. The second-order valence-electron chi connectivity index (χ2n) is 5.43. The first-order valence-electron chi connectivity index (χ1n) is 7.63. The van der Waals surface area contributed by atoms with E-state index >= 15 is 0 Å². The van der Waals surface area contributed by atoms with Crippen LogP contribution < -0.4 is 15.4 Å². The first-order valence-corrected chi connectivity index (χ1v) is 7.63. The van der Waals surface area contributed by atoms with Crippen LogP contribution >= 0.6 is 0 Å². The number of nitrogen functional groups attached to an aromatic ring is 1. The minimum absolute atomic E-state index is 0.607. The fourth-order valence-electron chi connectivity index (χ4n) is 2.86. The van der Waals surface area contributed by atoms with Crippen molar-refractivity contribution < 1.29 is 4.74 Å². The summed E-state index contributed by atoms with van der Waals surface area (Å²) in [4.78, 5) is 4.88. The zero-order valence-corrected chi connectivity index (χ0v) is 12.9. The lowest BCUT2D eigenvalue weighted by molar-refractivity contribution is 0.221. The first-order chi connectivity index (χ1) is 9.65. The number of piperidine rings is 1. The van der Waals surface area contributed by atoms with Gasteiger partial charge >= 0.3 is 0 Å². The van der Waals surface area contributed by atoms with Crippen molar-refractivity contribution in [1.82, 2.24) is 4.90 Å². The molecule has 2 N–H and O–H groups in total. The van der Waals surface area contributed by atoms with Gasteiger partial charge in [-0.1, -0.05) is 6.92 Å². The molecule has 4 nitrogen and oxygen atoms in total. The number of benzene rings is 1. The van der Waals surface area contributed by atoms with Crippen LogP contribution in [-0.4, -0.2) is 44.2 Å². The number of nitrogens with zero attached hydrogens (tertiary/aromatic N) is 2. The molecule has 20 heavy (non-hydrogen) atoms. The largest absolute Gasteiger partial charge is 0.492 e. The highest BCUT2D eigenvalue weighted by molar-refractivity contribution is 5.62. The van der Waals surface area contributed by atoms with Gasteiger partial charge in [0.15, 0.2) is 0 Å². The SMILES string of the molecule is CCOc1cc(N(C)C2CCN(CC)CC2)ccc1N. The van der Waals surface area contributed by atoms with E-state index in [1.165, 1.54) is 31.6 Å². The van der Waals surface area contributed by atoms with Crippen LogP contribution in [0.4, 0.5) is 11.4 Å². The van der Waals surface area contributed by atoms with Crippen LogP contribution in [0.25, 0.3) is 0 Å². The molecule has 0 unspecified atom stereocenters. The number of likely N-dealkylation sites (tertiary alicyclic amines) is 1. The zero-order valence-electron chi connectivity index (χ0n) is 12.9. The van der Waals surface area contributed by atoms with Crippen LogP contribution in [0.2, 0.25) is 0 Å². The predicted molar refractivity (Wildman–Crippen MR) is 85.6 cm³/mol. The Morgan fingerprint density at radius 1 is 1.30 bits per heavy atom. The average molecular weight is 277 g/mol. The van der Waals surface area contributed by atoms with Crippen molar-refractivity contribution in [3.63, 3.8) is 0 Å². The topological polar surface area (TPSA) is 41.7 Å². The van der Waals surface area contributed by atoms with E-state index in [1.54, 1.807) is 0 Å². The van der Waals surface area contributed by atoms with Crippen molar-refractivity contribution >= 4 is 11.4 Å². The Labute approximate surface area is 122 Å². The molecule has 4 heteroatoms. The summed E-state index contributed by atoms with van der Waals surface area (Å²) in [7, 11) is 2.17. The fourth-order valence-corrected chi connectivity index (χ4v) is 2.86. The van der Waals surface area contributed by atoms with E-state index in [4.69, 9.17) is 10.5 Å². The molecule has 1 saturated heterocycles. The molecule has 1 aliphatic heterocycles. The Morgan fingerprint density at radius 3 is 2.60 bits per heavy atom. The third-order valence-electron chi connectivity index (χ3n) is 4.26. The van der Waals surface area contributed by atoms with Crippen LogP contribution in [0.3, 0.4) is 0 Å². The number of nitrogens with two attached hydrogens (primary N) is 1. The predicted octanol–water partition coefficient (Wildman–Crippen LogP) is 2.59. The lowest BCUT2D eigenvalue weighted by atomic mass is 10.0. The maximum absolute atomic E-state index is 5.94. The Kier molecular flexibility index (Phi) is 5.12. The standard InChI is InChI=1S/C16H27N3O/c1-4-19-10-8-13(9-11-19)18(3)14-6-7-15(17)16(12-14)20-5-2/h6-7,12-13H,4-5,8-11,17H2,1-3H3. The summed E-state index contributed by atoms with van der Waals surface area (Å²) in [5.41, 5.74) is 7.85. The Balaban J connectivity index is 2.05. The third kappa shape index (κ3) is 3.37. The van der Waals surface area contributed by atoms with Crippen molar-refractivity contribution in [2.45, 2.75) is 32.7 Å².